The summed E-state index contributed by atoms with van der Waals surface area (Å²) in [5, 5.41) is 0. The van der Waals surface area contributed by atoms with E-state index in [9.17, 15) is 4.79 Å². The molecule has 0 aromatic heterocycles. The second-order valence-corrected chi connectivity index (χ2v) is 11.1. The van der Waals surface area contributed by atoms with Gasteiger partial charge in [-0.2, -0.15) is 0 Å². The lowest BCUT2D eigenvalue weighted by Gasteiger charge is -2.38. The fraction of sp³-hybridized carbons (Fsp3) is 0.964. The molecule has 0 aromatic carbocycles. The molecule has 30 heavy (non-hydrogen) atoms. The van der Waals surface area contributed by atoms with E-state index in [0.717, 1.165) is 49.4 Å². The van der Waals surface area contributed by atoms with Crippen LogP contribution in [0.5, 0.6) is 0 Å². The molecule has 0 atom stereocenters. The van der Waals surface area contributed by atoms with E-state index < -0.39 is 0 Å². The van der Waals surface area contributed by atoms with Crippen LogP contribution < -0.4 is 0 Å². The number of carbonyl (C=O) groups excluding carboxylic acids is 1. The molecule has 0 saturated heterocycles. The fourth-order valence-electron chi connectivity index (χ4n) is 6.75. The minimum Gasteiger partial charge on any atom is -0.462 e. The maximum absolute atomic E-state index is 12.8. The second-order valence-electron chi connectivity index (χ2n) is 11.1. The number of esters is 1. The average molecular weight is 419 g/mol. The van der Waals surface area contributed by atoms with Gasteiger partial charge in [-0.3, -0.25) is 4.79 Å². The third-order valence-corrected chi connectivity index (χ3v) is 8.92. The Balaban J connectivity index is 1.29. The Labute approximate surface area is 187 Å². The van der Waals surface area contributed by atoms with Crippen LogP contribution in [0.15, 0.2) is 0 Å². The van der Waals surface area contributed by atoms with E-state index in [0.29, 0.717) is 0 Å². The van der Waals surface area contributed by atoms with Gasteiger partial charge in [0.25, 0.3) is 0 Å². The number of hydrogen-bond donors (Lipinski definition) is 0. The Bertz CT molecular complexity index is 463. The highest BCUT2D eigenvalue weighted by molar-refractivity contribution is 5.72. The Hall–Kier alpha value is -0.530. The van der Waals surface area contributed by atoms with Gasteiger partial charge in [0, 0.05) is 0 Å². The van der Waals surface area contributed by atoms with Gasteiger partial charge < -0.3 is 4.74 Å². The summed E-state index contributed by atoms with van der Waals surface area (Å²) >= 11 is 0. The van der Waals surface area contributed by atoms with Crippen molar-refractivity contribution in [3.05, 3.63) is 0 Å². The molecule has 0 heterocycles. The Morgan fingerprint density at radius 1 is 0.633 bits per heavy atom. The van der Waals surface area contributed by atoms with Crippen LogP contribution in [0, 0.1) is 29.6 Å². The van der Waals surface area contributed by atoms with Gasteiger partial charge in [-0.05, 0) is 87.9 Å². The van der Waals surface area contributed by atoms with Crippen LogP contribution >= 0.6 is 0 Å². The standard InChI is InChI=1S/C28H50O2/c1-3-5-7-9-23-12-20-27(21-13-23)30-28(29)26-18-16-25(17-19-26)24-14-10-22(11-15-24)8-6-4-2/h22-27H,3-21H2,1-2H3/t22-,23?,24-,25-,26-,27?. The number of carbonyl (C=O) groups is 1. The number of hydrogen-bond acceptors (Lipinski definition) is 2. The largest absolute Gasteiger partial charge is 0.462 e. The number of ether oxygens (including phenoxy) is 1. The first-order chi connectivity index (χ1) is 14.7. The summed E-state index contributed by atoms with van der Waals surface area (Å²) < 4.78 is 6.00. The minimum atomic E-state index is 0.145. The summed E-state index contributed by atoms with van der Waals surface area (Å²) in [5.41, 5.74) is 0. The van der Waals surface area contributed by atoms with Crippen molar-refractivity contribution in [3.63, 3.8) is 0 Å². The number of rotatable bonds is 10. The number of unbranched alkanes of at least 4 members (excludes halogenated alkanes) is 3. The van der Waals surface area contributed by atoms with E-state index >= 15 is 0 Å². The molecule has 2 heteroatoms. The molecule has 3 saturated carbocycles. The summed E-state index contributed by atoms with van der Waals surface area (Å²) in [7, 11) is 0. The maximum Gasteiger partial charge on any atom is 0.309 e. The third kappa shape index (κ3) is 7.56. The SMILES string of the molecule is CCCCCC1CCC(OC(=O)[C@H]2CC[C@H]([C@H]3CC[C@H](CCCC)CC3)CC2)CC1. The summed E-state index contributed by atoms with van der Waals surface area (Å²) in [6.45, 7) is 4.59. The first kappa shape index (κ1) is 24.1. The molecule has 0 bridgehead atoms. The lowest BCUT2D eigenvalue weighted by atomic mass is 9.68. The summed E-state index contributed by atoms with van der Waals surface area (Å²) in [4.78, 5) is 12.8. The normalized spacial score (nSPS) is 35.1. The van der Waals surface area contributed by atoms with Crippen LogP contribution in [0.25, 0.3) is 0 Å². The van der Waals surface area contributed by atoms with Crippen LogP contribution in [-0.2, 0) is 9.53 Å². The lowest BCUT2D eigenvalue weighted by Crippen LogP contribution is -2.32. The highest BCUT2D eigenvalue weighted by atomic mass is 16.5. The zero-order valence-electron chi connectivity index (χ0n) is 20.2. The van der Waals surface area contributed by atoms with Crippen LogP contribution in [0.2, 0.25) is 0 Å². The molecule has 3 fully saturated rings. The molecule has 174 valence electrons. The van der Waals surface area contributed by atoms with Gasteiger partial charge in [0.2, 0.25) is 0 Å². The molecule has 0 unspecified atom stereocenters. The molecular weight excluding hydrogens is 368 g/mol. The molecule has 0 amide bonds. The van der Waals surface area contributed by atoms with E-state index in [4.69, 9.17) is 4.74 Å². The molecule has 3 aliphatic carbocycles. The average Bonchev–Trinajstić information content (AvgIpc) is 2.79. The quantitative estimate of drug-likeness (QED) is 0.263. The van der Waals surface area contributed by atoms with E-state index in [2.05, 4.69) is 13.8 Å². The van der Waals surface area contributed by atoms with Gasteiger partial charge >= 0.3 is 5.97 Å². The molecule has 3 rings (SSSR count). The monoisotopic (exact) mass is 418 g/mol. The van der Waals surface area contributed by atoms with Gasteiger partial charge in [-0.1, -0.05) is 71.6 Å². The van der Waals surface area contributed by atoms with E-state index in [1.165, 1.54) is 96.3 Å². The highest BCUT2D eigenvalue weighted by Gasteiger charge is 2.34. The second kappa shape index (κ2) is 13.1. The molecule has 0 radical (unpaired) electrons. The Morgan fingerprint density at radius 3 is 1.70 bits per heavy atom. The first-order valence-electron chi connectivity index (χ1n) is 13.9. The Morgan fingerprint density at radius 2 is 1.13 bits per heavy atom. The van der Waals surface area contributed by atoms with Crippen molar-refractivity contribution in [2.24, 2.45) is 29.6 Å². The predicted molar refractivity (Wildman–Crippen MR) is 126 cm³/mol. The van der Waals surface area contributed by atoms with Crippen molar-refractivity contribution >= 4 is 5.97 Å². The predicted octanol–water partition coefficient (Wildman–Crippen LogP) is 8.47. The molecule has 0 aromatic rings. The summed E-state index contributed by atoms with van der Waals surface area (Å²) in [6.07, 6.45) is 25.2. The molecule has 0 N–H and O–H groups in total. The van der Waals surface area contributed by atoms with Crippen molar-refractivity contribution in [1.82, 2.24) is 0 Å². The fourth-order valence-corrected chi connectivity index (χ4v) is 6.75. The van der Waals surface area contributed by atoms with Crippen molar-refractivity contribution in [1.29, 1.82) is 0 Å². The smallest absolute Gasteiger partial charge is 0.309 e. The van der Waals surface area contributed by atoms with Crippen molar-refractivity contribution in [2.45, 2.75) is 142 Å². The molecule has 0 aliphatic heterocycles. The molecule has 0 spiro atoms. The first-order valence-corrected chi connectivity index (χ1v) is 13.9. The van der Waals surface area contributed by atoms with Gasteiger partial charge in [0.15, 0.2) is 0 Å². The van der Waals surface area contributed by atoms with E-state index in [1.807, 2.05) is 0 Å². The van der Waals surface area contributed by atoms with Gasteiger partial charge in [0.05, 0.1) is 5.92 Å². The molecular formula is C28H50O2. The summed E-state index contributed by atoms with van der Waals surface area (Å²) in [5.74, 6) is 4.08. The highest BCUT2D eigenvalue weighted by Crippen LogP contribution is 2.42. The van der Waals surface area contributed by atoms with Gasteiger partial charge in [-0.15, -0.1) is 0 Å². The van der Waals surface area contributed by atoms with E-state index in [-0.39, 0.29) is 18.0 Å². The zero-order chi connectivity index (χ0) is 21.2. The summed E-state index contributed by atoms with van der Waals surface area (Å²) in [6, 6.07) is 0. The van der Waals surface area contributed by atoms with Gasteiger partial charge in [-0.25, -0.2) is 0 Å². The van der Waals surface area contributed by atoms with Crippen LogP contribution in [0.1, 0.15) is 136 Å². The lowest BCUT2D eigenvalue weighted by molar-refractivity contribution is -0.157. The van der Waals surface area contributed by atoms with E-state index in [1.54, 1.807) is 0 Å². The van der Waals surface area contributed by atoms with Crippen LogP contribution in [0.3, 0.4) is 0 Å². The third-order valence-electron chi connectivity index (χ3n) is 8.92. The molecule has 2 nitrogen and oxygen atoms in total. The topological polar surface area (TPSA) is 26.3 Å². The maximum atomic E-state index is 12.8. The van der Waals surface area contributed by atoms with Crippen molar-refractivity contribution in [3.8, 4) is 0 Å². The molecule has 3 aliphatic rings. The Kier molecular flexibility index (Phi) is 10.5. The van der Waals surface area contributed by atoms with Crippen molar-refractivity contribution < 1.29 is 9.53 Å². The van der Waals surface area contributed by atoms with Gasteiger partial charge in [0.1, 0.15) is 6.10 Å². The zero-order valence-corrected chi connectivity index (χ0v) is 20.2. The minimum absolute atomic E-state index is 0.145. The van der Waals surface area contributed by atoms with Crippen LogP contribution in [-0.4, -0.2) is 12.1 Å². The van der Waals surface area contributed by atoms with Crippen molar-refractivity contribution in [2.75, 3.05) is 0 Å². The van der Waals surface area contributed by atoms with Crippen LogP contribution in [0.4, 0.5) is 0 Å².